The topological polar surface area (TPSA) is 127 Å². The Morgan fingerprint density at radius 1 is 1.33 bits per heavy atom. The molecule has 0 rings (SSSR count). The van der Waals surface area contributed by atoms with Crippen LogP contribution in [0.15, 0.2) is 4.36 Å². The quantitative estimate of drug-likeness (QED) is 0.549. The zero-order chi connectivity index (χ0) is 10.4. The van der Waals surface area contributed by atoms with Gasteiger partial charge in [0, 0.05) is 65.5 Å². The van der Waals surface area contributed by atoms with Gasteiger partial charge >= 0.3 is 16.5 Å². The molecule has 10 heteroatoms. The molecule has 7 nitrogen and oxygen atoms in total. The standard InChI is InChI=1S/C5H8N2O5S.2Na/c6-4(8)2-1-3(5(9)10)7-13(11)12;;/h3H,1-2H2,(H2,6,8)(H,9,10);;/t3-;;/m0../s1. The van der Waals surface area contributed by atoms with E-state index in [1.165, 1.54) is 0 Å². The largest absolute Gasteiger partial charge is 0.480 e. The van der Waals surface area contributed by atoms with Crippen LogP contribution in [0, 0.1) is 0 Å². The monoisotopic (exact) mass is 254 g/mol. The molecular formula is C5H8N2Na2O5S. The minimum Gasteiger partial charge on any atom is -0.480 e. The van der Waals surface area contributed by atoms with Gasteiger partial charge in [-0.2, -0.15) is 12.8 Å². The first kappa shape index (κ1) is 20.9. The molecular weight excluding hydrogens is 246 g/mol. The van der Waals surface area contributed by atoms with Crippen molar-refractivity contribution in [2.75, 3.05) is 0 Å². The van der Waals surface area contributed by atoms with E-state index >= 15 is 0 Å². The van der Waals surface area contributed by atoms with Gasteiger partial charge in [0.05, 0.1) is 0 Å². The number of hydrogen-bond acceptors (Lipinski definition) is 5. The Labute approximate surface area is 132 Å². The van der Waals surface area contributed by atoms with Gasteiger partial charge in [0.1, 0.15) is 0 Å². The van der Waals surface area contributed by atoms with Crippen molar-refractivity contribution in [3.05, 3.63) is 0 Å². The summed E-state index contributed by atoms with van der Waals surface area (Å²) >= 11 is 0. The predicted molar refractivity (Wildman–Crippen MR) is 52.7 cm³/mol. The van der Waals surface area contributed by atoms with Crippen LogP contribution in [0.3, 0.4) is 0 Å². The fourth-order valence-electron chi connectivity index (χ4n) is 0.604. The predicted octanol–water partition coefficient (Wildman–Crippen LogP) is -1.99. The van der Waals surface area contributed by atoms with Crippen LogP contribution in [-0.4, -0.2) is 90.6 Å². The van der Waals surface area contributed by atoms with Gasteiger partial charge in [-0.05, 0) is 6.42 Å². The summed E-state index contributed by atoms with van der Waals surface area (Å²) in [5.41, 5.74) is 4.74. The zero-order valence-corrected chi connectivity index (χ0v) is 13.3. The maximum absolute atomic E-state index is 10.3. The smallest absolute Gasteiger partial charge is 0.329 e. The summed E-state index contributed by atoms with van der Waals surface area (Å²) in [5, 5.41) is 8.42. The molecule has 0 spiro atoms. The molecule has 0 saturated carbocycles. The molecule has 1 atom stereocenters. The zero-order valence-electron chi connectivity index (χ0n) is 8.50. The number of primary amides is 1. The second kappa shape index (κ2) is 11.1. The molecule has 0 aliphatic rings. The number of carbonyl (C=O) groups is 2. The molecule has 0 aromatic carbocycles. The SMILES string of the molecule is NC(=O)CC[C@H](N=S(=O)=O)C(=O)O.[Na].[Na]. The Hall–Kier alpha value is 0.560. The molecule has 0 aliphatic carbocycles. The fourth-order valence-corrected chi connectivity index (χ4v) is 1.01. The third-order valence-corrected chi connectivity index (χ3v) is 1.59. The average molecular weight is 254 g/mol. The van der Waals surface area contributed by atoms with Crippen molar-refractivity contribution in [1.82, 2.24) is 0 Å². The number of carboxylic acids is 1. The van der Waals surface area contributed by atoms with Crippen LogP contribution in [0.1, 0.15) is 12.8 Å². The van der Waals surface area contributed by atoms with Crippen LogP contribution in [0.25, 0.3) is 0 Å². The Morgan fingerprint density at radius 2 is 1.80 bits per heavy atom. The van der Waals surface area contributed by atoms with Crippen LogP contribution < -0.4 is 5.73 Å². The number of amides is 1. The molecule has 0 bridgehead atoms. The Kier molecular flexibility index (Phi) is 15.4. The third kappa shape index (κ3) is 12.5. The molecule has 2 radical (unpaired) electrons. The van der Waals surface area contributed by atoms with E-state index < -0.39 is 28.4 Å². The molecule has 76 valence electrons. The van der Waals surface area contributed by atoms with Crippen LogP contribution in [-0.2, 0) is 20.1 Å². The van der Waals surface area contributed by atoms with Gasteiger partial charge in [0.15, 0.2) is 6.04 Å². The van der Waals surface area contributed by atoms with Gasteiger partial charge in [-0.1, -0.05) is 0 Å². The second-order valence-corrected chi connectivity index (χ2v) is 2.83. The van der Waals surface area contributed by atoms with Gasteiger partial charge in [0.2, 0.25) is 5.91 Å². The summed E-state index contributed by atoms with van der Waals surface area (Å²) in [7, 11) is -2.79. The normalized spacial score (nSPS) is 10.1. The Balaban J connectivity index is -0.000000720. The fraction of sp³-hybridized carbons (Fsp3) is 0.600. The second-order valence-electron chi connectivity index (χ2n) is 2.18. The summed E-state index contributed by atoms with van der Waals surface area (Å²) in [4.78, 5) is 20.6. The van der Waals surface area contributed by atoms with Gasteiger partial charge in [-0.3, -0.25) is 4.79 Å². The summed E-state index contributed by atoms with van der Waals surface area (Å²) in [5.74, 6) is -2.09. The van der Waals surface area contributed by atoms with E-state index in [0.717, 1.165) is 0 Å². The number of nitrogens with two attached hydrogens (primary N) is 1. The molecule has 0 aromatic rings. The molecule has 0 fully saturated rings. The Bertz CT molecular complexity index is 333. The van der Waals surface area contributed by atoms with Gasteiger partial charge in [-0.15, -0.1) is 0 Å². The van der Waals surface area contributed by atoms with E-state index in [0.29, 0.717) is 0 Å². The first-order valence-electron chi connectivity index (χ1n) is 3.25. The summed E-state index contributed by atoms with van der Waals surface area (Å²) in [6, 6.07) is -1.43. The van der Waals surface area contributed by atoms with Crippen molar-refractivity contribution in [1.29, 1.82) is 0 Å². The average Bonchev–Trinajstić information content (AvgIpc) is 1.96. The van der Waals surface area contributed by atoms with Crippen molar-refractivity contribution in [3.63, 3.8) is 0 Å². The van der Waals surface area contributed by atoms with Gasteiger partial charge < -0.3 is 10.8 Å². The summed E-state index contributed by atoms with van der Waals surface area (Å²) < 4.78 is 22.9. The summed E-state index contributed by atoms with van der Waals surface area (Å²) in [6.07, 6.45) is -0.420. The maximum Gasteiger partial charge on any atom is 0.329 e. The van der Waals surface area contributed by atoms with E-state index in [4.69, 9.17) is 10.8 Å². The number of carboxylic acid groups (broad SMARTS) is 1. The number of hydrogen-bond donors (Lipinski definition) is 2. The van der Waals surface area contributed by atoms with Gasteiger partial charge in [0.25, 0.3) is 0 Å². The first-order chi connectivity index (χ1) is 5.93. The summed E-state index contributed by atoms with van der Waals surface area (Å²) in [6.45, 7) is 0. The number of aliphatic carboxylic acids is 1. The molecule has 0 saturated heterocycles. The molecule has 15 heavy (non-hydrogen) atoms. The molecule has 0 aromatic heterocycles. The minimum absolute atomic E-state index is 0. The van der Waals surface area contributed by atoms with E-state index in [9.17, 15) is 18.0 Å². The minimum atomic E-state index is -2.79. The van der Waals surface area contributed by atoms with Crippen molar-refractivity contribution in [2.24, 2.45) is 10.1 Å². The Morgan fingerprint density at radius 3 is 2.07 bits per heavy atom. The van der Waals surface area contributed by atoms with Crippen LogP contribution in [0.2, 0.25) is 0 Å². The van der Waals surface area contributed by atoms with Crippen molar-refractivity contribution >= 4 is 81.5 Å². The molecule has 1 amide bonds. The molecule has 0 unspecified atom stereocenters. The number of carbonyl (C=O) groups excluding carboxylic acids is 1. The van der Waals surface area contributed by atoms with E-state index in [2.05, 4.69) is 4.36 Å². The number of rotatable bonds is 5. The molecule has 0 heterocycles. The van der Waals surface area contributed by atoms with Crippen LogP contribution in [0.4, 0.5) is 0 Å². The maximum atomic E-state index is 10.3. The van der Waals surface area contributed by atoms with Crippen LogP contribution in [0.5, 0.6) is 0 Å². The van der Waals surface area contributed by atoms with E-state index in [-0.39, 0.29) is 72.0 Å². The van der Waals surface area contributed by atoms with Crippen molar-refractivity contribution in [3.8, 4) is 0 Å². The van der Waals surface area contributed by atoms with Gasteiger partial charge in [-0.25, -0.2) is 4.79 Å². The third-order valence-electron chi connectivity index (χ3n) is 1.16. The van der Waals surface area contributed by atoms with Crippen molar-refractivity contribution < 1.29 is 23.1 Å². The van der Waals surface area contributed by atoms with Crippen molar-refractivity contribution in [2.45, 2.75) is 18.9 Å². The van der Waals surface area contributed by atoms with E-state index in [1.54, 1.807) is 0 Å². The molecule has 0 aliphatic heterocycles. The molecule has 3 N–H and O–H groups in total. The van der Waals surface area contributed by atoms with Crippen LogP contribution >= 0.6 is 0 Å². The van der Waals surface area contributed by atoms with E-state index in [1.807, 2.05) is 0 Å². The first-order valence-corrected chi connectivity index (χ1v) is 4.28. The number of nitrogens with zero attached hydrogens (tertiary/aromatic N) is 1.